The molecule has 2 fully saturated rings. The first-order valence-electron chi connectivity index (χ1n) is 9.97. The molecule has 0 bridgehead atoms. The maximum Gasteiger partial charge on any atom is 0.410 e. The molecule has 1 aromatic heterocycles. The number of aromatic nitrogens is 3. The van der Waals surface area contributed by atoms with Gasteiger partial charge in [0.25, 0.3) is 0 Å². The molecule has 3 rings (SSSR count). The summed E-state index contributed by atoms with van der Waals surface area (Å²) in [5.41, 5.74) is -0.496. The minimum Gasteiger partial charge on any atom is -0.444 e. The van der Waals surface area contributed by atoms with E-state index in [0.717, 1.165) is 5.82 Å². The molecular formula is C18H31N5O4S2. The number of nitrogens with zero attached hydrogens (tertiary/aromatic N) is 5. The van der Waals surface area contributed by atoms with Gasteiger partial charge in [-0.05, 0) is 45.3 Å². The molecule has 164 valence electrons. The fourth-order valence-electron chi connectivity index (χ4n) is 3.68. The molecule has 1 aromatic rings. The Morgan fingerprint density at radius 2 is 1.90 bits per heavy atom. The molecule has 0 spiro atoms. The summed E-state index contributed by atoms with van der Waals surface area (Å²) in [6, 6.07) is 0. The first-order chi connectivity index (χ1) is 13.4. The van der Waals surface area contributed by atoms with Crippen LogP contribution in [0.1, 0.15) is 33.0 Å². The number of sulfone groups is 1. The maximum atomic E-state index is 12.2. The smallest absolute Gasteiger partial charge is 0.410 e. The highest BCUT2D eigenvalue weighted by Crippen LogP contribution is 2.22. The van der Waals surface area contributed by atoms with Crippen molar-refractivity contribution in [3.05, 3.63) is 10.6 Å². The predicted octanol–water partition coefficient (Wildman–Crippen LogP) is 1.44. The summed E-state index contributed by atoms with van der Waals surface area (Å²) in [6.45, 7) is 8.77. The second-order valence-corrected chi connectivity index (χ2v) is 11.6. The Morgan fingerprint density at radius 1 is 1.24 bits per heavy atom. The number of rotatable bonds is 4. The quantitative estimate of drug-likeness (QED) is 0.648. The summed E-state index contributed by atoms with van der Waals surface area (Å²) >= 11 is 5.53. The highest BCUT2D eigenvalue weighted by molar-refractivity contribution is 7.91. The van der Waals surface area contributed by atoms with Crippen LogP contribution < -0.4 is 0 Å². The van der Waals surface area contributed by atoms with E-state index in [1.54, 1.807) is 9.58 Å². The van der Waals surface area contributed by atoms with E-state index in [1.165, 1.54) is 0 Å². The molecule has 0 aromatic carbocycles. The number of amides is 1. The van der Waals surface area contributed by atoms with Crippen molar-refractivity contribution in [1.29, 1.82) is 0 Å². The van der Waals surface area contributed by atoms with Gasteiger partial charge in [0.15, 0.2) is 14.6 Å². The van der Waals surface area contributed by atoms with Crippen LogP contribution in [0.2, 0.25) is 0 Å². The third kappa shape index (κ3) is 5.79. The summed E-state index contributed by atoms with van der Waals surface area (Å²) in [7, 11) is -1.02. The maximum absolute atomic E-state index is 12.2. The number of carbonyl (C=O) groups is 1. The van der Waals surface area contributed by atoms with Crippen LogP contribution in [-0.2, 0) is 34.7 Å². The Labute approximate surface area is 177 Å². The van der Waals surface area contributed by atoms with Crippen LogP contribution in [0.4, 0.5) is 4.79 Å². The van der Waals surface area contributed by atoms with Crippen LogP contribution >= 0.6 is 12.2 Å². The molecule has 2 saturated heterocycles. The molecule has 0 unspecified atom stereocenters. The molecule has 0 N–H and O–H groups in total. The van der Waals surface area contributed by atoms with Crippen molar-refractivity contribution < 1.29 is 17.9 Å². The Balaban J connectivity index is 1.56. The summed E-state index contributed by atoms with van der Waals surface area (Å²) in [4.78, 5) is 16.1. The molecule has 29 heavy (non-hydrogen) atoms. The van der Waals surface area contributed by atoms with E-state index in [4.69, 9.17) is 17.0 Å². The first-order valence-corrected chi connectivity index (χ1v) is 12.2. The van der Waals surface area contributed by atoms with Crippen molar-refractivity contribution in [2.24, 2.45) is 13.0 Å². The average Bonchev–Trinajstić information content (AvgIpc) is 3.08. The second-order valence-electron chi connectivity index (χ2n) is 8.96. The minimum absolute atomic E-state index is 0.112. The van der Waals surface area contributed by atoms with Gasteiger partial charge in [-0.1, -0.05) is 0 Å². The van der Waals surface area contributed by atoms with Gasteiger partial charge in [0, 0.05) is 39.6 Å². The second kappa shape index (κ2) is 8.35. The zero-order chi connectivity index (χ0) is 21.4. The van der Waals surface area contributed by atoms with E-state index < -0.39 is 15.4 Å². The summed E-state index contributed by atoms with van der Waals surface area (Å²) < 4.78 is 33.1. The normalized spacial score (nSPS) is 22.8. The zero-order valence-corrected chi connectivity index (χ0v) is 19.3. The molecule has 2 aliphatic heterocycles. The van der Waals surface area contributed by atoms with Gasteiger partial charge in [-0.3, -0.25) is 4.90 Å². The monoisotopic (exact) mass is 445 g/mol. The Kier molecular flexibility index (Phi) is 6.40. The topological polar surface area (TPSA) is 89.7 Å². The van der Waals surface area contributed by atoms with Crippen LogP contribution in [-0.4, -0.2) is 81.9 Å². The molecule has 1 amide bonds. The van der Waals surface area contributed by atoms with Crippen LogP contribution in [0.15, 0.2) is 0 Å². The summed E-state index contributed by atoms with van der Waals surface area (Å²) in [5, 5.41) is 4.65. The fourth-order valence-corrected chi connectivity index (χ4v) is 5.75. The minimum atomic E-state index is -2.90. The van der Waals surface area contributed by atoms with E-state index in [2.05, 4.69) is 10.00 Å². The lowest BCUT2D eigenvalue weighted by atomic mass is 10.1. The van der Waals surface area contributed by atoms with Crippen LogP contribution in [0.5, 0.6) is 0 Å². The molecule has 3 heterocycles. The number of hydrogen-bond donors (Lipinski definition) is 0. The van der Waals surface area contributed by atoms with Crippen molar-refractivity contribution in [2.45, 2.75) is 45.9 Å². The average molecular weight is 446 g/mol. The standard InChI is InChI=1S/C18H31N5O4S2/c1-18(2,3)27-17(24)22-8-6-21(7-9-22)13-23-16(28)20(4)15(19-23)11-14-5-10-29(25,26)12-14/h14H,5-13H2,1-4H3/t14-/m1/s1. The van der Waals surface area contributed by atoms with Gasteiger partial charge in [-0.15, -0.1) is 0 Å². The van der Waals surface area contributed by atoms with Crippen molar-refractivity contribution >= 4 is 28.1 Å². The molecule has 1 atom stereocenters. The van der Waals surface area contributed by atoms with Crippen LogP contribution in [0, 0.1) is 10.7 Å². The number of ether oxygens (including phenoxy) is 1. The molecular weight excluding hydrogens is 414 g/mol. The van der Waals surface area contributed by atoms with Gasteiger partial charge in [0.05, 0.1) is 18.2 Å². The Hall–Kier alpha value is -1.46. The number of piperazine rings is 1. The molecule has 0 radical (unpaired) electrons. The summed E-state index contributed by atoms with van der Waals surface area (Å²) in [5.74, 6) is 1.44. The zero-order valence-electron chi connectivity index (χ0n) is 17.6. The highest BCUT2D eigenvalue weighted by Gasteiger charge is 2.30. The number of carbonyl (C=O) groups excluding carboxylic acids is 1. The third-order valence-electron chi connectivity index (χ3n) is 5.29. The number of hydrogen-bond acceptors (Lipinski definition) is 7. The van der Waals surface area contributed by atoms with Crippen molar-refractivity contribution in [3.63, 3.8) is 0 Å². The van der Waals surface area contributed by atoms with Crippen molar-refractivity contribution in [1.82, 2.24) is 24.1 Å². The fraction of sp³-hybridized carbons (Fsp3) is 0.833. The third-order valence-corrected chi connectivity index (χ3v) is 7.61. The summed E-state index contributed by atoms with van der Waals surface area (Å²) in [6.07, 6.45) is 1.04. The van der Waals surface area contributed by atoms with E-state index in [9.17, 15) is 13.2 Å². The largest absolute Gasteiger partial charge is 0.444 e. The van der Waals surface area contributed by atoms with E-state index in [1.807, 2.05) is 32.4 Å². The van der Waals surface area contributed by atoms with Gasteiger partial charge in [0.2, 0.25) is 0 Å². The molecule has 0 saturated carbocycles. The van der Waals surface area contributed by atoms with Gasteiger partial charge in [0.1, 0.15) is 11.4 Å². The molecule has 11 heteroatoms. The van der Waals surface area contributed by atoms with Gasteiger partial charge < -0.3 is 14.2 Å². The lowest BCUT2D eigenvalue weighted by Gasteiger charge is -2.35. The van der Waals surface area contributed by atoms with E-state index >= 15 is 0 Å². The SMILES string of the molecule is Cn1c(C[C@H]2CCS(=O)(=O)C2)nn(CN2CCN(C(=O)OC(C)(C)C)CC2)c1=S. The predicted molar refractivity (Wildman–Crippen MR) is 112 cm³/mol. The van der Waals surface area contributed by atoms with Gasteiger partial charge >= 0.3 is 6.09 Å². The molecule has 0 aliphatic carbocycles. The first kappa shape index (κ1) is 22.2. The van der Waals surface area contributed by atoms with Crippen molar-refractivity contribution in [2.75, 3.05) is 37.7 Å². The Bertz CT molecular complexity index is 908. The molecule has 2 aliphatic rings. The Morgan fingerprint density at radius 3 is 2.45 bits per heavy atom. The molecule has 9 nitrogen and oxygen atoms in total. The van der Waals surface area contributed by atoms with Gasteiger partial charge in [-0.25, -0.2) is 17.9 Å². The lowest BCUT2D eigenvalue weighted by molar-refractivity contribution is 0.0113. The lowest BCUT2D eigenvalue weighted by Crippen LogP contribution is -2.50. The van der Waals surface area contributed by atoms with Crippen LogP contribution in [0.25, 0.3) is 0 Å². The van der Waals surface area contributed by atoms with Gasteiger partial charge in [-0.2, -0.15) is 5.10 Å². The van der Waals surface area contributed by atoms with Crippen LogP contribution in [0.3, 0.4) is 0 Å². The highest BCUT2D eigenvalue weighted by atomic mass is 32.2. The van der Waals surface area contributed by atoms with E-state index in [0.29, 0.717) is 50.5 Å². The van der Waals surface area contributed by atoms with E-state index in [-0.39, 0.29) is 23.5 Å². The van der Waals surface area contributed by atoms with Crippen molar-refractivity contribution in [3.8, 4) is 0 Å².